The summed E-state index contributed by atoms with van der Waals surface area (Å²) in [5, 5.41) is 15.2. The van der Waals surface area contributed by atoms with Crippen molar-refractivity contribution in [3.8, 4) is 34.5 Å². The number of nitrogens with zero attached hydrogens (tertiary/aromatic N) is 5. The predicted octanol–water partition coefficient (Wildman–Crippen LogP) is 5.53. The van der Waals surface area contributed by atoms with E-state index in [1.807, 2.05) is 36.4 Å². The number of hydrogen-bond donors (Lipinski definition) is 2. The molecule has 1 unspecified atom stereocenters. The number of carbonyl (C=O) groups is 2. The molecule has 2 aromatic carbocycles. The summed E-state index contributed by atoms with van der Waals surface area (Å²) >= 11 is 0. The van der Waals surface area contributed by atoms with Crippen LogP contribution in [0.25, 0.3) is 27.2 Å². The number of rotatable bonds is 3. The van der Waals surface area contributed by atoms with E-state index in [0.717, 1.165) is 16.7 Å². The van der Waals surface area contributed by atoms with Crippen LogP contribution in [0.2, 0.25) is 0 Å². The lowest BCUT2D eigenvalue weighted by molar-refractivity contribution is -0.118. The molecule has 1 aliphatic rings. The van der Waals surface area contributed by atoms with E-state index < -0.39 is 11.3 Å². The second kappa shape index (κ2) is 10.8. The fraction of sp³-hybridized carbons (Fsp3) is 0.194. The van der Waals surface area contributed by atoms with Gasteiger partial charge in [0.25, 0.3) is 12.5 Å². The second-order valence-electron chi connectivity index (χ2n) is 10.1. The highest BCUT2D eigenvalue weighted by molar-refractivity contribution is 6.04. The smallest absolute Gasteiger partial charge is 0.311 e. The van der Waals surface area contributed by atoms with Crippen molar-refractivity contribution >= 4 is 23.3 Å². The molecule has 2 N–H and O–H groups in total. The predicted molar refractivity (Wildman–Crippen MR) is 153 cm³/mol. The number of pyridine rings is 1. The first-order chi connectivity index (χ1) is 19.2. The van der Waals surface area contributed by atoms with E-state index in [-0.39, 0.29) is 18.4 Å². The monoisotopic (exact) mass is 528 g/mol. The molecular weight excluding hydrogens is 502 g/mol. The van der Waals surface area contributed by atoms with Crippen LogP contribution in [0.4, 0.5) is 11.5 Å². The SMILES string of the molecule is CC1C[N+]#Cc2ccc(NC(=O)c3ccnc(C(C)(C)C#N)c3)cc2-c2cccc(c2)-c2cc(ncn2)NC1=O. The fourth-order valence-corrected chi connectivity index (χ4v) is 4.16. The fourth-order valence-electron chi connectivity index (χ4n) is 4.16. The van der Waals surface area contributed by atoms with Crippen molar-refractivity contribution in [1.82, 2.24) is 15.0 Å². The molecule has 5 rings (SSSR count). The van der Waals surface area contributed by atoms with Crippen molar-refractivity contribution in [2.45, 2.75) is 26.2 Å². The number of benzene rings is 2. The van der Waals surface area contributed by atoms with Gasteiger partial charge in [-0.25, -0.2) is 9.97 Å². The van der Waals surface area contributed by atoms with Crippen LogP contribution in [0.15, 0.2) is 73.2 Å². The Kier molecular flexibility index (Phi) is 7.05. The molecule has 196 valence electrons. The maximum atomic E-state index is 13.2. The largest absolute Gasteiger partial charge is 0.322 e. The van der Waals surface area contributed by atoms with Crippen molar-refractivity contribution < 1.29 is 9.59 Å². The molecule has 9 nitrogen and oxygen atoms in total. The minimum atomic E-state index is -0.825. The van der Waals surface area contributed by atoms with Crippen molar-refractivity contribution in [3.63, 3.8) is 0 Å². The van der Waals surface area contributed by atoms with Gasteiger partial charge in [-0.15, -0.1) is 0 Å². The normalized spacial score (nSPS) is 14.3. The van der Waals surface area contributed by atoms with E-state index in [4.69, 9.17) is 0 Å². The molecule has 40 heavy (non-hydrogen) atoms. The number of anilines is 2. The Bertz CT molecular complexity index is 1740. The van der Waals surface area contributed by atoms with E-state index in [1.54, 1.807) is 45.0 Å². The summed E-state index contributed by atoms with van der Waals surface area (Å²) in [6, 6.07) is 23.6. The molecule has 0 radical (unpaired) electrons. The first kappa shape index (κ1) is 26.2. The van der Waals surface area contributed by atoms with Crippen LogP contribution in [0.3, 0.4) is 0 Å². The lowest BCUT2D eigenvalue weighted by Crippen LogP contribution is -2.22. The molecule has 0 saturated heterocycles. The van der Waals surface area contributed by atoms with Gasteiger partial charge in [-0.1, -0.05) is 23.0 Å². The zero-order valence-electron chi connectivity index (χ0n) is 22.3. The van der Waals surface area contributed by atoms with Gasteiger partial charge < -0.3 is 10.6 Å². The summed E-state index contributed by atoms with van der Waals surface area (Å²) < 4.78 is 0. The lowest BCUT2D eigenvalue weighted by Gasteiger charge is -2.15. The summed E-state index contributed by atoms with van der Waals surface area (Å²) in [5.74, 6) is -0.500. The van der Waals surface area contributed by atoms with Crippen LogP contribution in [0.5, 0.6) is 0 Å². The van der Waals surface area contributed by atoms with Gasteiger partial charge in [-0.3, -0.25) is 14.6 Å². The average Bonchev–Trinajstić information content (AvgIpc) is 2.97. The van der Waals surface area contributed by atoms with E-state index in [2.05, 4.69) is 42.6 Å². The van der Waals surface area contributed by atoms with Crippen molar-refractivity contribution in [1.29, 1.82) is 5.26 Å². The van der Waals surface area contributed by atoms with Crippen molar-refractivity contribution in [2.24, 2.45) is 5.92 Å². The number of aromatic nitrogens is 3. The molecule has 4 aromatic rings. The molecule has 0 saturated carbocycles. The summed E-state index contributed by atoms with van der Waals surface area (Å²) in [4.78, 5) is 43.1. The number of nitriles is 1. The lowest BCUT2D eigenvalue weighted by atomic mass is 9.90. The van der Waals surface area contributed by atoms with E-state index in [9.17, 15) is 14.9 Å². The zero-order chi connectivity index (χ0) is 28.3. The van der Waals surface area contributed by atoms with E-state index in [0.29, 0.717) is 34.0 Å². The standard InChI is InChI=1S/C31H25N7O2/c1-19-15-33-16-23-7-8-24(37-30(40)22-9-10-34-27(12-22)31(2,3)17-32)13-25(23)20-5-4-6-21(11-20)26-14-28(36-18-35-26)38-29(19)39/h4-14,18-19H,15H2,1-3H3,(H,35,36,38,39)/p+1. The number of hydrogen-bond acceptors (Lipinski definition) is 6. The van der Waals surface area contributed by atoms with Gasteiger partial charge >= 0.3 is 6.07 Å². The van der Waals surface area contributed by atoms with Gasteiger partial charge in [0.2, 0.25) is 5.91 Å². The summed E-state index contributed by atoms with van der Waals surface area (Å²) in [5.41, 5.74) is 4.55. The van der Waals surface area contributed by atoms with E-state index >= 15 is 0 Å². The third-order valence-corrected chi connectivity index (χ3v) is 6.62. The Morgan fingerprint density at radius 3 is 2.75 bits per heavy atom. The Balaban J connectivity index is 1.55. The molecule has 3 heterocycles. The number of carbonyl (C=O) groups excluding carboxylic acids is 2. The number of amides is 2. The van der Waals surface area contributed by atoms with Crippen LogP contribution in [-0.4, -0.2) is 33.3 Å². The van der Waals surface area contributed by atoms with Gasteiger partial charge in [-0.2, -0.15) is 5.26 Å². The third-order valence-electron chi connectivity index (χ3n) is 6.62. The van der Waals surface area contributed by atoms with Crippen LogP contribution < -0.4 is 10.6 Å². The zero-order valence-corrected chi connectivity index (χ0v) is 22.3. The quantitative estimate of drug-likeness (QED) is 0.360. The maximum absolute atomic E-state index is 13.2. The minimum absolute atomic E-state index is 0.197. The van der Waals surface area contributed by atoms with Crippen LogP contribution in [0, 0.1) is 23.3 Å². The van der Waals surface area contributed by atoms with Gasteiger partial charge in [-0.05, 0) is 62.7 Å². The first-order valence-electron chi connectivity index (χ1n) is 12.7. The Labute approximate surface area is 231 Å². The molecule has 1 atom stereocenters. The second-order valence-corrected chi connectivity index (χ2v) is 10.1. The van der Waals surface area contributed by atoms with Crippen LogP contribution in [-0.2, 0) is 10.2 Å². The molecule has 0 aliphatic carbocycles. The Morgan fingerprint density at radius 1 is 1.10 bits per heavy atom. The van der Waals surface area contributed by atoms with Gasteiger partial charge in [0, 0.05) is 34.6 Å². The molecule has 9 heteroatoms. The number of nitrogens with one attached hydrogen (secondary N) is 2. The highest BCUT2D eigenvalue weighted by atomic mass is 16.2. The minimum Gasteiger partial charge on any atom is -0.322 e. The van der Waals surface area contributed by atoms with Crippen LogP contribution >= 0.6 is 0 Å². The summed E-state index contributed by atoms with van der Waals surface area (Å²) in [7, 11) is 0. The average molecular weight is 529 g/mol. The van der Waals surface area contributed by atoms with Gasteiger partial charge in [0.15, 0.2) is 0 Å². The van der Waals surface area contributed by atoms with Crippen molar-refractivity contribution in [2.75, 3.05) is 17.2 Å². The topological polar surface area (TPSA) is 125 Å². The van der Waals surface area contributed by atoms with Crippen molar-refractivity contribution in [3.05, 3.63) is 94.9 Å². The van der Waals surface area contributed by atoms with E-state index in [1.165, 1.54) is 12.5 Å². The van der Waals surface area contributed by atoms with Crippen LogP contribution in [0.1, 0.15) is 42.4 Å². The molecule has 2 amide bonds. The molecule has 0 fully saturated rings. The number of fused-ring (bicyclic) bond motifs is 7. The molecule has 4 bridgehead atoms. The summed E-state index contributed by atoms with van der Waals surface area (Å²) in [6.45, 7) is 5.54. The highest BCUT2D eigenvalue weighted by Gasteiger charge is 2.23. The van der Waals surface area contributed by atoms with Gasteiger partial charge in [0.05, 0.1) is 22.9 Å². The van der Waals surface area contributed by atoms with Gasteiger partial charge in [0.1, 0.15) is 23.6 Å². The maximum Gasteiger partial charge on any atom is 0.311 e. The molecule has 2 aromatic heterocycles. The first-order valence-corrected chi connectivity index (χ1v) is 12.7. The Morgan fingerprint density at radius 2 is 1.93 bits per heavy atom. The Hall–Kier alpha value is -5.41. The molecule has 0 spiro atoms. The third kappa shape index (κ3) is 5.54. The highest BCUT2D eigenvalue weighted by Crippen LogP contribution is 2.31. The summed E-state index contributed by atoms with van der Waals surface area (Å²) in [6.07, 6.45) is 2.95. The molecule has 1 aliphatic heterocycles. The molecular formula is C31H26N7O2+.